The maximum absolute atomic E-state index is 13.4. The first-order chi connectivity index (χ1) is 17.5. The Labute approximate surface area is 224 Å². The van der Waals surface area contributed by atoms with E-state index in [9.17, 15) is 14.4 Å². The van der Waals surface area contributed by atoms with Crippen molar-refractivity contribution in [1.82, 2.24) is 10.2 Å². The van der Waals surface area contributed by atoms with Crippen molar-refractivity contribution in [2.75, 3.05) is 26.3 Å². The highest BCUT2D eigenvalue weighted by atomic mass is 79.9. The molecule has 1 aromatic rings. The quantitative estimate of drug-likeness (QED) is 0.184. The van der Waals surface area contributed by atoms with E-state index in [0.29, 0.717) is 37.6 Å². The molecule has 1 atom stereocenters. The zero-order valence-corrected chi connectivity index (χ0v) is 23.6. The predicted molar refractivity (Wildman–Crippen MR) is 145 cm³/mol. The van der Waals surface area contributed by atoms with Gasteiger partial charge in [0.1, 0.15) is 11.8 Å². The molecule has 0 spiro atoms. The number of nitrogens with zero attached hydrogens (tertiary/aromatic N) is 1. The number of rotatable bonds is 17. The maximum atomic E-state index is 13.4. The number of nitrogens with one attached hydrogen (secondary N) is 1. The van der Waals surface area contributed by atoms with Gasteiger partial charge in [0.05, 0.1) is 25.2 Å². The van der Waals surface area contributed by atoms with Crippen molar-refractivity contribution in [3.63, 3.8) is 0 Å². The molecule has 1 aliphatic heterocycles. The number of amides is 2. The van der Waals surface area contributed by atoms with Gasteiger partial charge in [-0.1, -0.05) is 87.6 Å². The Bertz CT molecular complexity index is 832. The highest BCUT2D eigenvalue weighted by Gasteiger charge is 2.36. The molecule has 36 heavy (non-hydrogen) atoms. The SMILES string of the molecule is CCCCCCCCCCCCOC(=O)CC1C(=O)NCCN1C(=O)c1cc(Br)ccc1OCCC. The Kier molecular flexibility index (Phi) is 14.5. The van der Waals surface area contributed by atoms with Gasteiger partial charge < -0.3 is 19.7 Å². The van der Waals surface area contributed by atoms with E-state index in [0.717, 1.165) is 30.2 Å². The van der Waals surface area contributed by atoms with Gasteiger partial charge in [-0.25, -0.2) is 0 Å². The van der Waals surface area contributed by atoms with Crippen molar-refractivity contribution in [2.24, 2.45) is 0 Å². The summed E-state index contributed by atoms with van der Waals surface area (Å²) < 4.78 is 11.9. The Morgan fingerprint density at radius 3 is 2.31 bits per heavy atom. The maximum Gasteiger partial charge on any atom is 0.308 e. The highest BCUT2D eigenvalue weighted by molar-refractivity contribution is 9.10. The van der Waals surface area contributed by atoms with Gasteiger partial charge in [0.2, 0.25) is 5.91 Å². The van der Waals surface area contributed by atoms with E-state index in [-0.39, 0.29) is 18.2 Å². The fourth-order valence-corrected chi connectivity index (χ4v) is 4.68. The Hall–Kier alpha value is -2.09. The number of unbranched alkanes of at least 4 members (excludes halogenated alkanes) is 9. The van der Waals surface area contributed by atoms with Crippen LogP contribution in [-0.4, -0.2) is 55.0 Å². The third-order valence-corrected chi connectivity index (χ3v) is 6.84. The lowest BCUT2D eigenvalue weighted by Crippen LogP contribution is -2.57. The smallest absolute Gasteiger partial charge is 0.308 e. The lowest BCUT2D eigenvalue weighted by Gasteiger charge is -2.35. The van der Waals surface area contributed by atoms with Crippen LogP contribution in [-0.2, 0) is 14.3 Å². The van der Waals surface area contributed by atoms with Crippen molar-refractivity contribution in [2.45, 2.75) is 96.9 Å². The monoisotopic (exact) mass is 566 g/mol. The van der Waals surface area contributed by atoms with Crippen LogP contribution in [0.3, 0.4) is 0 Å². The standard InChI is InChI=1S/C28H43BrN2O5/c1-3-5-6-7-8-9-10-11-12-13-19-36-26(32)21-24-27(33)30-16-17-31(24)28(34)23-20-22(29)14-15-25(23)35-18-4-2/h14-15,20,24H,3-13,16-19,21H2,1-2H3,(H,30,33). The molecule has 0 radical (unpaired) electrons. The van der Waals surface area contributed by atoms with Crippen molar-refractivity contribution < 1.29 is 23.9 Å². The third kappa shape index (κ3) is 10.5. The molecule has 2 amide bonds. The second kappa shape index (κ2) is 17.4. The Morgan fingerprint density at radius 2 is 1.64 bits per heavy atom. The fraction of sp³-hybridized carbons (Fsp3) is 0.679. The van der Waals surface area contributed by atoms with E-state index in [1.54, 1.807) is 12.1 Å². The first kappa shape index (κ1) is 30.1. The van der Waals surface area contributed by atoms with Crippen LogP contribution in [0.25, 0.3) is 0 Å². The lowest BCUT2D eigenvalue weighted by atomic mass is 10.1. The normalized spacial score (nSPS) is 15.5. The summed E-state index contributed by atoms with van der Waals surface area (Å²) in [6.45, 7) is 5.71. The highest BCUT2D eigenvalue weighted by Crippen LogP contribution is 2.26. The fourth-order valence-electron chi connectivity index (χ4n) is 4.31. The van der Waals surface area contributed by atoms with Crippen LogP contribution >= 0.6 is 15.9 Å². The van der Waals surface area contributed by atoms with Gasteiger partial charge in [0.15, 0.2) is 0 Å². The zero-order valence-electron chi connectivity index (χ0n) is 22.0. The van der Waals surface area contributed by atoms with Crippen LogP contribution in [0.15, 0.2) is 22.7 Å². The summed E-state index contributed by atoms with van der Waals surface area (Å²) in [6, 6.07) is 4.35. The number of halogens is 1. The summed E-state index contributed by atoms with van der Waals surface area (Å²) >= 11 is 3.41. The summed E-state index contributed by atoms with van der Waals surface area (Å²) in [4.78, 5) is 40.0. The average molecular weight is 568 g/mol. The van der Waals surface area contributed by atoms with Crippen LogP contribution in [0.4, 0.5) is 0 Å². The number of carbonyl (C=O) groups excluding carboxylic acids is 3. The molecular weight excluding hydrogens is 524 g/mol. The summed E-state index contributed by atoms with van der Waals surface area (Å²) in [5.41, 5.74) is 0.372. The summed E-state index contributed by atoms with van der Waals surface area (Å²) in [6.07, 6.45) is 12.7. The number of benzene rings is 1. The second-order valence-corrected chi connectivity index (χ2v) is 10.3. The van der Waals surface area contributed by atoms with Gasteiger partial charge in [-0.15, -0.1) is 0 Å². The van der Waals surface area contributed by atoms with Gasteiger partial charge in [0, 0.05) is 17.6 Å². The summed E-state index contributed by atoms with van der Waals surface area (Å²) in [5, 5.41) is 2.76. The molecule has 7 nitrogen and oxygen atoms in total. The molecule has 1 aliphatic rings. The van der Waals surface area contributed by atoms with Gasteiger partial charge in [-0.2, -0.15) is 0 Å². The zero-order chi connectivity index (χ0) is 26.2. The molecule has 1 aromatic carbocycles. The summed E-state index contributed by atoms with van der Waals surface area (Å²) in [5.74, 6) is -0.651. The molecule has 1 fully saturated rings. The molecule has 0 aliphatic carbocycles. The van der Waals surface area contributed by atoms with Crippen molar-refractivity contribution in [3.05, 3.63) is 28.2 Å². The lowest BCUT2D eigenvalue weighted by molar-refractivity contribution is -0.147. The predicted octanol–water partition coefficient (Wildman–Crippen LogP) is 6.03. The number of hydrogen-bond donors (Lipinski definition) is 1. The number of piperazine rings is 1. The molecule has 1 saturated heterocycles. The van der Waals surface area contributed by atoms with Crippen molar-refractivity contribution in [3.8, 4) is 5.75 Å². The van der Waals surface area contributed by atoms with Crippen LogP contribution in [0, 0.1) is 0 Å². The molecule has 0 aromatic heterocycles. The number of ether oxygens (including phenoxy) is 2. The molecule has 0 saturated carbocycles. The van der Waals surface area contributed by atoms with E-state index >= 15 is 0 Å². The average Bonchev–Trinajstić information content (AvgIpc) is 2.87. The van der Waals surface area contributed by atoms with Gasteiger partial charge in [-0.3, -0.25) is 14.4 Å². The Balaban J connectivity index is 1.81. The largest absolute Gasteiger partial charge is 0.493 e. The van der Waals surface area contributed by atoms with E-state index < -0.39 is 12.0 Å². The molecule has 0 bridgehead atoms. The van der Waals surface area contributed by atoms with Crippen LogP contribution in [0.5, 0.6) is 5.75 Å². The van der Waals surface area contributed by atoms with Gasteiger partial charge in [0.25, 0.3) is 5.91 Å². The minimum absolute atomic E-state index is 0.158. The van der Waals surface area contributed by atoms with Crippen LogP contribution < -0.4 is 10.1 Å². The van der Waals surface area contributed by atoms with E-state index in [1.165, 1.54) is 49.8 Å². The molecule has 1 unspecified atom stereocenters. The molecule has 1 heterocycles. The molecular formula is C28H43BrN2O5. The summed E-state index contributed by atoms with van der Waals surface area (Å²) in [7, 11) is 0. The van der Waals surface area contributed by atoms with Gasteiger partial charge in [-0.05, 0) is 31.0 Å². The van der Waals surface area contributed by atoms with E-state index in [4.69, 9.17) is 9.47 Å². The number of esters is 1. The van der Waals surface area contributed by atoms with Crippen LogP contribution in [0.1, 0.15) is 101 Å². The molecule has 2 rings (SSSR count). The minimum atomic E-state index is -0.899. The number of carbonyl (C=O) groups is 3. The molecule has 1 N–H and O–H groups in total. The number of hydrogen-bond acceptors (Lipinski definition) is 5. The Morgan fingerprint density at radius 1 is 0.972 bits per heavy atom. The minimum Gasteiger partial charge on any atom is -0.493 e. The first-order valence-electron chi connectivity index (χ1n) is 13.6. The van der Waals surface area contributed by atoms with E-state index in [2.05, 4.69) is 28.2 Å². The van der Waals surface area contributed by atoms with Crippen molar-refractivity contribution >= 4 is 33.7 Å². The van der Waals surface area contributed by atoms with Gasteiger partial charge >= 0.3 is 5.97 Å². The second-order valence-electron chi connectivity index (χ2n) is 9.40. The van der Waals surface area contributed by atoms with Crippen molar-refractivity contribution in [1.29, 1.82) is 0 Å². The topological polar surface area (TPSA) is 84.9 Å². The third-order valence-electron chi connectivity index (χ3n) is 6.35. The molecule has 8 heteroatoms. The molecule has 202 valence electrons. The van der Waals surface area contributed by atoms with E-state index in [1.807, 2.05) is 13.0 Å². The first-order valence-corrected chi connectivity index (χ1v) is 14.4. The van der Waals surface area contributed by atoms with Crippen LogP contribution in [0.2, 0.25) is 0 Å².